The Morgan fingerprint density at radius 3 is 2.78 bits per heavy atom. The van der Waals surface area contributed by atoms with Gasteiger partial charge in [0.25, 0.3) is 5.91 Å². The van der Waals surface area contributed by atoms with Gasteiger partial charge >= 0.3 is 0 Å². The lowest BCUT2D eigenvalue weighted by Crippen LogP contribution is -2.25. The third-order valence-corrected chi connectivity index (χ3v) is 5.09. The summed E-state index contributed by atoms with van der Waals surface area (Å²) in [5.41, 5.74) is 2.68. The highest BCUT2D eigenvalue weighted by molar-refractivity contribution is 7.98. The van der Waals surface area contributed by atoms with Gasteiger partial charge in [0.2, 0.25) is 0 Å². The first-order valence-corrected chi connectivity index (χ1v) is 9.85. The van der Waals surface area contributed by atoms with Gasteiger partial charge in [-0.3, -0.25) is 4.79 Å². The van der Waals surface area contributed by atoms with Crippen LogP contribution >= 0.6 is 23.4 Å². The van der Waals surface area contributed by atoms with E-state index in [0.29, 0.717) is 33.9 Å². The molecule has 0 fully saturated rings. The van der Waals surface area contributed by atoms with Crippen molar-refractivity contribution in [2.75, 3.05) is 6.54 Å². The molecule has 27 heavy (non-hydrogen) atoms. The summed E-state index contributed by atoms with van der Waals surface area (Å²) in [7, 11) is 0. The smallest absolute Gasteiger partial charge is 0.273 e. The molecule has 2 aromatic heterocycles. The molecule has 9 heteroatoms. The molecular formula is C18H19ClN6OS. The molecule has 0 unspecified atom stereocenters. The molecule has 0 aliphatic rings. The minimum absolute atomic E-state index is 0.245. The second kappa shape index (κ2) is 8.96. The van der Waals surface area contributed by atoms with Gasteiger partial charge in [0.15, 0.2) is 10.9 Å². The molecule has 0 aliphatic carbocycles. The average molecular weight is 403 g/mol. The van der Waals surface area contributed by atoms with Crippen LogP contribution in [0.15, 0.2) is 41.8 Å². The second-order valence-corrected chi connectivity index (χ2v) is 7.16. The van der Waals surface area contributed by atoms with Gasteiger partial charge in [0.05, 0.1) is 11.4 Å². The monoisotopic (exact) mass is 402 g/mol. The van der Waals surface area contributed by atoms with E-state index in [9.17, 15) is 4.79 Å². The number of nitrogens with one attached hydrogen (secondary N) is 1. The van der Waals surface area contributed by atoms with Gasteiger partial charge < -0.3 is 5.32 Å². The summed E-state index contributed by atoms with van der Waals surface area (Å²) in [6, 6.07) is 7.38. The minimum Gasteiger partial charge on any atom is -0.351 e. The van der Waals surface area contributed by atoms with Gasteiger partial charge in [-0.25, -0.2) is 14.6 Å². The lowest BCUT2D eigenvalue weighted by molar-refractivity contribution is 0.0948. The van der Waals surface area contributed by atoms with E-state index in [1.165, 1.54) is 11.8 Å². The lowest BCUT2D eigenvalue weighted by Gasteiger charge is -2.09. The molecule has 1 aromatic carbocycles. The molecule has 0 saturated heterocycles. The Kier molecular flexibility index (Phi) is 6.41. The van der Waals surface area contributed by atoms with Crippen molar-refractivity contribution in [3.63, 3.8) is 0 Å². The van der Waals surface area contributed by atoms with Gasteiger partial charge in [-0.05, 0) is 37.1 Å². The Balaban J connectivity index is 1.95. The van der Waals surface area contributed by atoms with Crippen LogP contribution in [0.2, 0.25) is 5.02 Å². The fourth-order valence-corrected chi connectivity index (χ4v) is 3.31. The number of hydrogen-bond acceptors (Lipinski definition) is 6. The molecule has 0 saturated carbocycles. The third kappa shape index (κ3) is 4.64. The van der Waals surface area contributed by atoms with E-state index in [0.717, 1.165) is 17.7 Å². The van der Waals surface area contributed by atoms with Gasteiger partial charge in [-0.15, -0.1) is 5.10 Å². The van der Waals surface area contributed by atoms with Crippen LogP contribution in [0.5, 0.6) is 0 Å². The zero-order chi connectivity index (χ0) is 19.2. The number of carbonyl (C=O) groups is 1. The fraction of sp³-hybridized carbons (Fsp3) is 0.278. The van der Waals surface area contributed by atoms with Gasteiger partial charge in [-0.1, -0.05) is 41.6 Å². The van der Waals surface area contributed by atoms with Crippen LogP contribution in [-0.2, 0) is 5.75 Å². The Morgan fingerprint density at radius 2 is 2.07 bits per heavy atom. The van der Waals surface area contributed by atoms with E-state index in [1.807, 2.05) is 32.0 Å². The van der Waals surface area contributed by atoms with Crippen LogP contribution in [-0.4, -0.2) is 37.4 Å². The average Bonchev–Trinajstić information content (AvgIpc) is 3.11. The predicted molar refractivity (Wildman–Crippen MR) is 105 cm³/mol. The van der Waals surface area contributed by atoms with Crippen molar-refractivity contribution >= 4 is 29.3 Å². The maximum absolute atomic E-state index is 12.5. The SMILES string of the molecule is CCCNC(=O)c1nnn(-c2ccc(C)c(Cl)c2)c1CSc1ncccn1. The van der Waals surface area contributed by atoms with Crippen LogP contribution in [0.4, 0.5) is 0 Å². The second-order valence-electron chi connectivity index (χ2n) is 5.81. The highest BCUT2D eigenvalue weighted by Gasteiger charge is 2.21. The zero-order valence-corrected chi connectivity index (χ0v) is 16.6. The normalized spacial score (nSPS) is 10.8. The number of nitrogens with zero attached hydrogens (tertiary/aromatic N) is 5. The number of carbonyl (C=O) groups excluding carboxylic acids is 1. The van der Waals surface area contributed by atoms with E-state index in [4.69, 9.17) is 11.6 Å². The molecule has 0 bridgehead atoms. The summed E-state index contributed by atoms with van der Waals surface area (Å²) in [6.07, 6.45) is 4.20. The third-order valence-electron chi connectivity index (χ3n) is 3.79. The number of rotatable bonds is 7. The van der Waals surface area contributed by atoms with Crippen LogP contribution in [0.3, 0.4) is 0 Å². The van der Waals surface area contributed by atoms with E-state index >= 15 is 0 Å². The highest BCUT2D eigenvalue weighted by atomic mass is 35.5. The van der Waals surface area contributed by atoms with E-state index in [-0.39, 0.29) is 5.91 Å². The molecule has 0 atom stereocenters. The summed E-state index contributed by atoms with van der Waals surface area (Å²) < 4.78 is 1.64. The Hall–Kier alpha value is -2.45. The van der Waals surface area contributed by atoms with Crippen LogP contribution in [0.1, 0.15) is 35.1 Å². The molecule has 3 aromatic rings. The van der Waals surface area contributed by atoms with Crippen LogP contribution in [0, 0.1) is 6.92 Å². The number of amides is 1. The largest absolute Gasteiger partial charge is 0.351 e. The summed E-state index contributed by atoms with van der Waals surface area (Å²) >= 11 is 7.67. The Bertz CT molecular complexity index is 931. The highest BCUT2D eigenvalue weighted by Crippen LogP contribution is 2.25. The predicted octanol–water partition coefficient (Wildman–Crippen LogP) is 3.45. The number of thioether (sulfide) groups is 1. The Morgan fingerprint density at radius 1 is 1.30 bits per heavy atom. The number of aromatic nitrogens is 5. The number of benzene rings is 1. The molecule has 0 radical (unpaired) electrons. The molecule has 7 nitrogen and oxygen atoms in total. The van der Waals surface area contributed by atoms with Crippen molar-refractivity contribution in [2.24, 2.45) is 0 Å². The van der Waals surface area contributed by atoms with Crippen molar-refractivity contribution in [3.8, 4) is 5.69 Å². The molecule has 140 valence electrons. The number of halogens is 1. The van der Waals surface area contributed by atoms with Crippen molar-refractivity contribution in [2.45, 2.75) is 31.2 Å². The molecular weight excluding hydrogens is 384 g/mol. The first-order valence-electron chi connectivity index (χ1n) is 8.49. The van der Waals surface area contributed by atoms with Crippen molar-refractivity contribution < 1.29 is 4.79 Å². The van der Waals surface area contributed by atoms with Crippen molar-refractivity contribution in [3.05, 3.63) is 58.6 Å². The molecule has 1 N–H and O–H groups in total. The van der Waals surface area contributed by atoms with Crippen molar-refractivity contribution in [1.82, 2.24) is 30.3 Å². The molecule has 2 heterocycles. The topological polar surface area (TPSA) is 85.6 Å². The zero-order valence-electron chi connectivity index (χ0n) is 15.0. The maximum atomic E-state index is 12.5. The van der Waals surface area contributed by atoms with Gasteiger partial charge in [0.1, 0.15) is 0 Å². The summed E-state index contributed by atoms with van der Waals surface area (Å²) in [4.78, 5) is 20.9. The van der Waals surface area contributed by atoms with Crippen molar-refractivity contribution in [1.29, 1.82) is 0 Å². The first kappa shape index (κ1) is 19.3. The van der Waals surface area contributed by atoms with Gasteiger partial charge in [-0.2, -0.15) is 0 Å². The van der Waals surface area contributed by atoms with E-state index < -0.39 is 0 Å². The molecule has 0 aliphatic heterocycles. The summed E-state index contributed by atoms with van der Waals surface area (Å²) in [5, 5.41) is 12.4. The van der Waals surface area contributed by atoms with Gasteiger partial charge in [0, 0.05) is 29.7 Å². The molecule has 1 amide bonds. The molecule has 0 spiro atoms. The fourth-order valence-electron chi connectivity index (χ4n) is 2.34. The number of hydrogen-bond donors (Lipinski definition) is 1. The lowest BCUT2D eigenvalue weighted by atomic mass is 10.2. The van der Waals surface area contributed by atoms with E-state index in [2.05, 4.69) is 25.6 Å². The Labute approximate surface area is 166 Å². The maximum Gasteiger partial charge on any atom is 0.273 e. The quantitative estimate of drug-likeness (QED) is 0.481. The first-order chi connectivity index (χ1) is 13.1. The minimum atomic E-state index is -0.245. The van der Waals surface area contributed by atoms with Crippen LogP contribution < -0.4 is 5.32 Å². The number of aryl methyl sites for hydroxylation is 1. The van der Waals surface area contributed by atoms with E-state index in [1.54, 1.807) is 23.1 Å². The summed E-state index contributed by atoms with van der Waals surface area (Å²) in [5.74, 6) is 0.197. The standard InChI is InChI=1S/C18H19ClN6OS/c1-3-7-20-17(26)16-15(11-27-18-21-8-4-9-22-18)25(24-23-16)13-6-5-12(2)14(19)10-13/h4-6,8-10H,3,7,11H2,1-2H3,(H,20,26). The van der Waals surface area contributed by atoms with Crippen LogP contribution in [0.25, 0.3) is 5.69 Å². The summed E-state index contributed by atoms with van der Waals surface area (Å²) in [6.45, 7) is 4.51. The molecule has 3 rings (SSSR count).